The first kappa shape index (κ1) is 15.8. The van der Waals surface area contributed by atoms with Gasteiger partial charge < -0.3 is 9.47 Å². The first-order valence-corrected chi connectivity index (χ1v) is 8.09. The summed E-state index contributed by atoms with van der Waals surface area (Å²) < 4.78 is 10.5. The second-order valence-corrected chi connectivity index (χ2v) is 5.57. The van der Waals surface area contributed by atoms with E-state index in [-0.39, 0.29) is 6.61 Å². The molecule has 0 radical (unpaired) electrons. The van der Waals surface area contributed by atoms with Crippen LogP contribution in [0, 0.1) is 0 Å². The number of carbonyl (C=O) groups is 1. The van der Waals surface area contributed by atoms with E-state index >= 15 is 0 Å². The second-order valence-electron chi connectivity index (χ2n) is 5.57. The first-order valence-electron chi connectivity index (χ1n) is 8.09. The monoisotopic (exact) mass is 345 g/mol. The van der Waals surface area contributed by atoms with E-state index in [1.807, 2.05) is 60.7 Å². The normalized spacial score (nSPS) is 10.6. The maximum absolute atomic E-state index is 12.0. The van der Waals surface area contributed by atoms with Gasteiger partial charge in [0.2, 0.25) is 0 Å². The fourth-order valence-electron chi connectivity index (χ4n) is 2.51. The van der Waals surface area contributed by atoms with Gasteiger partial charge in [0, 0.05) is 0 Å². The molecule has 3 aromatic carbocycles. The lowest BCUT2D eigenvalue weighted by atomic mass is 10.2. The van der Waals surface area contributed by atoms with Crippen LogP contribution in [-0.2, 0) is 11.3 Å². The summed E-state index contributed by atoms with van der Waals surface area (Å²) in [6.45, 7) is 0.145. The van der Waals surface area contributed by atoms with Gasteiger partial charge in [0.1, 0.15) is 23.3 Å². The van der Waals surface area contributed by atoms with Gasteiger partial charge in [0.05, 0.1) is 0 Å². The van der Waals surface area contributed by atoms with Gasteiger partial charge in [-0.05, 0) is 29.8 Å². The predicted octanol–water partition coefficient (Wildman–Crippen LogP) is 4.14. The zero-order valence-corrected chi connectivity index (χ0v) is 13.8. The Morgan fingerprint density at radius 1 is 0.808 bits per heavy atom. The SMILES string of the molecule is O=C(OCc1ccccc1)Oc1ccccc1-n1nc2ccccc2n1. The Morgan fingerprint density at radius 2 is 1.42 bits per heavy atom. The van der Waals surface area contributed by atoms with E-state index in [4.69, 9.17) is 9.47 Å². The molecule has 0 fully saturated rings. The van der Waals surface area contributed by atoms with Crippen molar-refractivity contribution in [3.05, 3.63) is 84.4 Å². The van der Waals surface area contributed by atoms with Crippen molar-refractivity contribution in [3.8, 4) is 11.4 Å². The number of hydrogen-bond acceptors (Lipinski definition) is 5. The van der Waals surface area contributed by atoms with Crippen LogP contribution in [-0.4, -0.2) is 21.1 Å². The van der Waals surface area contributed by atoms with Crippen molar-refractivity contribution in [2.75, 3.05) is 0 Å². The molecule has 0 unspecified atom stereocenters. The topological polar surface area (TPSA) is 66.2 Å². The molecule has 1 aromatic heterocycles. The third-order valence-corrected chi connectivity index (χ3v) is 3.76. The highest BCUT2D eigenvalue weighted by Crippen LogP contribution is 2.23. The van der Waals surface area contributed by atoms with Crippen LogP contribution in [0.25, 0.3) is 16.7 Å². The molecule has 1 heterocycles. The summed E-state index contributed by atoms with van der Waals surface area (Å²) in [6.07, 6.45) is -0.780. The van der Waals surface area contributed by atoms with Crippen LogP contribution in [0.1, 0.15) is 5.56 Å². The quantitative estimate of drug-likeness (QED) is 0.411. The van der Waals surface area contributed by atoms with Crippen LogP contribution in [0.15, 0.2) is 78.9 Å². The minimum Gasteiger partial charge on any atom is -0.429 e. The van der Waals surface area contributed by atoms with E-state index in [0.717, 1.165) is 16.6 Å². The number of ether oxygens (including phenoxy) is 2. The highest BCUT2D eigenvalue weighted by molar-refractivity contribution is 5.74. The molecule has 6 heteroatoms. The fourth-order valence-corrected chi connectivity index (χ4v) is 2.51. The smallest absolute Gasteiger partial charge is 0.429 e. The number of benzene rings is 3. The summed E-state index contributed by atoms with van der Waals surface area (Å²) in [5.74, 6) is 0.325. The van der Waals surface area contributed by atoms with Gasteiger partial charge in [0.25, 0.3) is 0 Å². The minimum absolute atomic E-state index is 0.145. The molecule has 128 valence electrons. The zero-order valence-electron chi connectivity index (χ0n) is 13.8. The summed E-state index contributed by atoms with van der Waals surface area (Å²) >= 11 is 0. The summed E-state index contributed by atoms with van der Waals surface area (Å²) in [4.78, 5) is 13.5. The number of nitrogens with zero attached hydrogens (tertiary/aromatic N) is 3. The molecular weight excluding hydrogens is 330 g/mol. The van der Waals surface area contributed by atoms with Crippen LogP contribution in [0.3, 0.4) is 0 Å². The maximum atomic E-state index is 12.0. The Labute approximate surface area is 149 Å². The van der Waals surface area contributed by atoms with Crippen LogP contribution < -0.4 is 4.74 Å². The number of hydrogen-bond donors (Lipinski definition) is 0. The van der Waals surface area contributed by atoms with Gasteiger partial charge >= 0.3 is 6.16 Å². The molecule has 0 aliphatic rings. The van der Waals surface area contributed by atoms with E-state index in [1.165, 1.54) is 4.80 Å². The molecule has 0 saturated carbocycles. The Bertz CT molecular complexity index is 1010. The van der Waals surface area contributed by atoms with E-state index in [2.05, 4.69) is 10.2 Å². The summed E-state index contributed by atoms with van der Waals surface area (Å²) in [7, 11) is 0. The third-order valence-electron chi connectivity index (χ3n) is 3.76. The van der Waals surface area contributed by atoms with Crippen molar-refractivity contribution in [1.29, 1.82) is 0 Å². The molecular formula is C20H15N3O3. The van der Waals surface area contributed by atoms with Gasteiger partial charge in [0.15, 0.2) is 5.75 Å². The second kappa shape index (κ2) is 7.06. The van der Waals surface area contributed by atoms with Gasteiger partial charge in [-0.1, -0.05) is 54.6 Å². The van der Waals surface area contributed by atoms with Gasteiger partial charge in [-0.25, -0.2) is 4.79 Å². The maximum Gasteiger partial charge on any atom is 0.514 e. The standard InChI is InChI=1S/C20H15N3O3/c24-20(25-14-15-8-2-1-3-9-15)26-19-13-7-6-12-18(19)23-21-16-10-4-5-11-17(16)22-23/h1-13H,14H2. The van der Waals surface area contributed by atoms with Crippen LogP contribution >= 0.6 is 0 Å². The Kier molecular flexibility index (Phi) is 4.30. The molecule has 0 bridgehead atoms. The zero-order chi connectivity index (χ0) is 17.8. The Balaban J connectivity index is 1.53. The molecule has 0 N–H and O–H groups in total. The first-order chi connectivity index (χ1) is 12.8. The molecule has 4 rings (SSSR count). The molecule has 0 spiro atoms. The highest BCUT2D eigenvalue weighted by atomic mass is 16.7. The highest BCUT2D eigenvalue weighted by Gasteiger charge is 2.14. The number of fused-ring (bicyclic) bond motifs is 1. The summed E-state index contributed by atoms with van der Waals surface area (Å²) in [5.41, 5.74) is 2.96. The van der Waals surface area contributed by atoms with Gasteiger partial charge in [-0.15, -0.1) is 15.0 Å². The fraction of sp³-hybridized carbons (Fsp3) is 0.0500. The lowest BCUT2D eigenvalue weighted by molar-refractivity contribution is 0.0926. The summed E-state index contributed by atoms with van der Waals surface area (Å²) in [6, 6.07) is 24.0. The van der Waals surface area contributed by atoms with E-state index in [1.54, 1.807) is 18.2 Å². The van der Waals surface area contributed by atoms with Crippen molar-refractivity contribution >= 4 is 17.2 Å². The number of para-hydroxylation sites is 2. The lowest BCUT2D eigenvalue weighted by Crippen LogP contribution is -2.12. The van der Waals surface area contributed by atoms with Crippen molar-refractivity contribution in [3.63, 3.8) is 0 Å². The number of aromatic nitrogens is 3. The van der Waals surface area contributed by atoms with Crippen LogP contribution in [0.2, 0.25) is 0 Å². The molecule has 0 atom stereocenters. The average Bonchev–Trinajstić information content (AvgIpc) is 3.12. The lowest BCUT2D eigenvalue weighted by Gasteiger charge is -2.09. The molecule has 0 aliphatic carbocycles. The molecule has 0 aliphatic heterocycles. The third kappa shape index (κ3) is 3.39. The molecule has 4 aromatic rings. The molecule has 26 heavy (non-hydrogen) atoms. The van der Waals surface area contributed by atoms with E-state index in [0.29, 0.717) is 11.4 Å². The Morgan fingerprint density at radius 3 is 2.15 bits per heavy atom. The summed E-state index contributed by atoms with van der Waals surface area (Å²) in [5, 5.41) is 8.84. The van der Waals surface area contributed by atoms with E-state index < -0.39 is 6.16 Å². The van der Waals surface area contributed by atoms with Crippen molar-refractivity contribution in [2.45, 2.75) is 6.61 Å². The van der Waals surface area contributed by atoms with Gasteiger partial charge in [-0.2, -0.15) is 0 Å². The largest absolute Gasteiger partial charge is 0.514 e. The number of rotatable bonds is 4. The number of carbonyl (C=O) groups excluding carboxylic acids is 1. The minimum atomic E-state index is -0.780. The van der Waals surface area contributed by atoms with Crippen LogP contribution in [0.5, 0.6) is 5.75 Å². The van der Waals surface area contributed by atoms with Crippen molar-refractivity contribution in [1.82, 2.24) is 15.0 Å². The molecule has 0 amide bonds. The Hall–Kier alpha value is -3.67. The van der Waals surface area contributed by atoms with E-state index in [9.17, 15) is 4.79 Å². The molecule has 6 nitrogen and oxygen atoms in total. The molecule has 0 saturated heterocycles. The average molecular weight is 345 g/mol. The van der Waals surface area contributed by atoms with Crippen molar-refractivity contribution < 1.29 is 14.3 Å². The van der Waals surface area contributed by atoms with Gasteiger partial charge in [-0.3, -0.25) is 0 Å². The predicted molar refractivity (Wildman–Crippen MR) is 96.1 cm³/mol. The van der Waals surface area contributed by atoms with Crippen LogP contribution in [0.4, 0.5) is 4.79 Å². The van der Waals surface area contributed by atoms with Crippen molar-refractivity contribution in [2.24, 2.45) is 0 Å².